The van der Waals surface area contributed by atoms with E-state index in [0.717, 1.165) is 6.42 Å². The van der Waals surface area contributed by atoms with Gasteiger partial charge in [-0.3, -0.25) is 4.99 Å². The van der Waals surface area contributed by atoms with Crippen LogP contribution in [0.1, 0.15) is 32.6 Å². The Morgan fingerprint density at radius 3 is 2.44 bits per heavy atom. The van der Waals surface area contributed by atoms with Crippen molar-refractivity contribution in [3.63, 3.8) is 0 Å². The molecule has 0 aromatic carbocycles. The van der Waals surface area contributed by atoms with E-state index in [2.05, 4.69) is 10.3 Å². The molecule has 98 valence electrons. The summed E-state index contributed by atoms with van der Waals surface area (Å²) in [6.45, 7) is 3.05. The smallest absolute Gasteiger partial charge is 0.370 e. The van der Waals surface area contributed by atoms with Gasteiger partial charge in [-0.25, -0.2) is 0 Å². The summed E-state index contributed by atoms with van der Waals surface area (Å²) in [5.41, 5.74) is 5.44. The lowest BCUT2D eigenvalue weighted by Crippen LogP contribution is -2.32. The first-order valence-electron chi connectivity index (χ1n) is 5.06. The van der Waals surface area contributed by atoms with E-state index in [0.29, 0.717) is 25.5 Å². The number of aliphatic imine (C=N–C) groups is 1. The average Bonchev–Trinajstić information content (AvgIpc) is 2.12. The largest absolute Gasteiger partial charge is 0.389 e. The van der Waals surface area contributed by atoms with Crippen LogP contribution in [-0.2, 0) is 0 Å². The molecule has 0 saturated carbocycles. The zero-order valence-electron chi connectivity index (χ0n) is 9.31. The van der Waals surface area contributed by atoms with Crippen molar-refractivity contribution in [1.82, 2.24) is 5.32 Å². The molecule has 0 atom stereocenters. The van der Waals surface area contributed by atoms with Gasteiger partial charge in [-0.2, -0.15) is 13.2 Å². The van der Waals surface area contributed by atoms with Gasteiger partial charge in [0, 0.05) is 19.5 Å². The second-order valence-electron chi connectivity index (χ2n) is 3.27. The molecule has 0 aliphatic rings. The fraction of sp³-hybridized carbons (Fsp3) is 0.889. The first-order valence-corrected chi connectivity index (χ1v) is 5.06. The van der Waals surface area contributed by atoms with Gasteiger partial charge in [0.15, 0.2) is 5.96 Å². The van der Waals surface area contributed by atoms with E-state index >= 15 is 0 Å². The Kier molecular flexibility index (Phi) is 11.3. The molecule has 0 spiro atoms. The van der Waals surface area contributed by atoms with Crippen molar-refractivity contribution in [2.24, 2.45) is 10.7 Å². The highest BCUT2D eigenvalue weighted by Gasteiger charge is 2.25. The van der Waals surface area contributed by atoms with Crippen LogP contribution in [-0.4, -0.2) is 25.2 Å². The molecular formula is C9H19F3IN3. The van der Waals surface area contributed by atoms with Gasteiger partial charge in [0.25, 0.3) is 0 Å². The highest BCUT2D eigenvalue weighted by molar-refractivity contribution is 14.0. The minimum absolute atomic E-state index is 0. The van der Waals surface area contributed by atoms with Crippen molar-refractivity contribution in [3.05, 3.63) is 0 Å². The van der Waals surface area contributed by atoms with Crippen molar-refractivity contribution < 1.29 is 13.2 Å². The van der Waals surface area contributed by atoms with E-state index in [1.165, 1.54) is 0 Å². The molecule has 3 nitrogen and oxygen atoms in total. The number of hydrogen-bond donors (Lipinski definition) is 2. The van der Waals surface area contributed by atoms with Crippen LogP contribution in [0, 0.1) is 0 Å². The molecule has 0 unspecified atom stereocenters. The molecule has 0 aromatic rings. The van der Waals surface area contributed by atoms with E-state index in [1.54, 1.807) is 0 Å². The second-order valence-corrected chi connectivity index (χ2v) is 3.27. The molecule has 0 radical (unpaired) electrons. The zero-order chi connectivity index (χ0) is 11.7. The maximum absolute atomic E-state index is 11.7. The van der Waals surface area contributed by atoms with Gasteiger partial charge in [-0.15, -0.1) is 24.0 Å². The number of guanidine groups is 1. The highest BCUT2D eigenvalue weighted by atomic mass is 127. The number of halogens is 4. The molecule has 0 amide bonds. The van der Waals surface area contributed by atoms with Gasteiger partial charge >= 0.3 is 6.18 Å². The third-order valence-corrected chi connectivity index (χ3v) is 1.70. The maximum Gasteiger partial charge on any atom is 0.389 e. The van der Waals surface area contributed by atoms with E-state index < -0.39 is 12.6 Å². The number of nitrogens with one attached hydrogen (secondary N) is 1. The van der Waals surface area contributed by atoms with E-state index in [-0.39, 0.29) is 30.4 Å². The third-order valence-electron chi connectivity index (χ3n) is 1.70. The van der Waals surface area contributed by atoms with Gasteiger partial charge in [0.05, 0.1) is 0 Å². The molecule has 7 heteroatoms. The molecule has 0 aliphatic carbocycles. The van der Waals surface area contributed by atoms with Crippen LogP contribution in [0.15, 0.2) is 4.99 Å². The summed E-state index contributed by atoms with van der Waals surface area (Å²) in [5.74, 6) is 0.309. The van der Waals surface area contributed by atoms with Gasteiger partial charge in [-0.05, 0) is 19.3 Å². The van der Waals surface area contributed by atoms with Crippen LogP contribution < -0.4 is 11.1 Å². The third kappa shape index (κ3) is 13.8. The monoisotopic (exact) mass is 353 g/mol. The van der Waals surface area contributed by atoms with Gasteiger partial charge in [0.2, 0.25) is 0 Å². The Hall–Kier alpha value is -0.210. The molecule has 0 aromatic heterocycles. The molecule has 0 bridgehead atoms. The summed E-state index contributed by atoms with van der Waals surface area (Å²) >= 11 is 0. The number of rotatable bonds is 6. The summed E-state index contributed by atoms with van der Waals surface area (Å²) in [4.78, 5) is 3.95. The lowest BCUT2D eigenvalue weighted by atomic mass is 10.2. The first kappa shape index (κ1) is 18.2. The number of nitrogens with zero attached hydrogens (tertiary/aromatic N) is 1. The fourth-order valence-electron chi connectivity index (χ4n) is 0.955. The summed E-state index contributed by atoms with van der Waals surface area (Å²) in [5, 5.41) is 2.76. The SMILES string of the molecule is CCCN=C(N)NCCCCC(F)(F)F.I. The van der Waals surface area contributed by atoms with E-state index in [1.807, 2.05) is 6.92 Å². The number of nitrogens with two attached hydrogens (primary N) is 1. The Morgan fingerprint density at radius 2 is 1.94 bits per heavy atom. The molecule has 0 rings (SSSR count). The zero-order valence-corrected chi connectivity index (χ0v) is 11.6. The van der Waals surface area contributed by atoms with E-state index in [9.17, 15) is 13.2 Å². The standard InChI is InChI=1S/C9H18F3N3.HI/c1-2-6-14-8(13)15-7-4-3-5-9(10,11)12;/h2-7H2,1H3,(H3,13,14,15);1H. The van der Waals surface area contributed by atoms with Crippen molar-refractivity contribution >= 4 is 29.9 Å². The van der Waals surface area contributed by atoms with Gasteiger partial charge in [0.1, 0.15) is 0 Å². The second kappa shape index (κ2) is 9.98. The highest BCUT2D eigenvalue weighted by Crippen LogP contribution is 2.21. The molecule has 0 heterocycles. The van der Waals surface area contributed by atoms with Crippen LogP contribution in [0.3, 0.4) is 0 Å². The fourth-order valence-corrected chi connectivity index (χ4v) is 0.955. The Balaban J connectivity index is 0. The van der Waals surface area contributed by atoms with Crippen LogP contribution in [0.4, 0.5) is 13.2 Å². The van der Waals surface area contributed by atoms with Crippen LogP contribution >= 0.6 is 24.0 Å². The number of unbranched alkanes of at least 4 members (excludes halogenated alkanes) is 1. The van der Waals surface area contributed by atoms with Crippen molar-refractivity contribution in [1.29, 1.82) is 0 Å². The van der Waals surface area contributed by atoms with Crippen LogP contribution in [0.5, 0.6) is 0 Å². The van der Waals surface area contributed by atoms with Crippen LogP contribution in [0.2, 0.25) is 0 Å². The van der Waals surface area contributed by atoms with Crippen molar-refractivity contribution in [2.45, 2.75) is 38.8 Å². The normalized spacial score (nSPS) is 12.1. The Morgan fingerprint density at radius 1 is 1.31 bits per heavy atom. The predicted octanol–water partition coefficient (Wildman–Crippen LogP) is 2.65. The minimum Gasteiger partial charge on any atom is -0.370 e. The molecular weight excluding hydrogens is 334 g/mol. The van der Waals surface area contributed by atoms with Gasteiger partial charge < -0.3 is 11.1 Å². The molecule has 3 N–H and O–H groups in total. The predicted molar refractivity (Wildman–Crippen MR) is 70.1 cm³/mol. The molecule has 0 saturated heterocycles. The lowest BCUT2D eigenvalue weighted by Gasteiger charge is -2.07. The average molecular weight is 353 g/mol. The Labute approximate surface area is 111 Å². The van der Waals surface area contributed by atoms with Gasteiger partial charge in [-0.1, -0.05) is 6.92 Å². The first-order chi connectivity index (χ1) is 6.95. The Bertz CT molecular complexity index is 195. The van der Waals surface area contributed by atoms with Crippen molar-refractivity contribution in [2.75, 3.05) is 13.1 Å². The maximum atomic E-state index is 11.7. The molecule has 0 aliphatic heterocycles. The quantitative estimate of drug-likeness (QED) is 0.334. The molecule has 16 heavy (non-hydrogen) atoms. The molecule has 0 fully saturated rings. The summed E-state index contributed by atoms with van der Waals surface area (Å²) in [7, 11) is 0. The minimum atomic E-state index is -4.05. The number of alkyl halides is 3. The lowest BCUT2D eigenvalue weighted by molar-refractivity contribution is -0.135. The van der Waals surface area contributed by atoms with Crippen molar-refractivity contribution in [3.8, 4) is 0 Å². The van der Waals surface area contributed by atoms with Crippen LogP contribution in [0.25, 0.3) is 0 Å². The van der Waals surface area contributed by atoms with E-state index in [4.69, 9.17) is 5.73 Å². The summed E-state index contributed by atoms with van der Waals surface area (Å²) in [6, 6.07) is 0. The topological polar surface area (TPSA) is 50.4 Å². The number of hydrogen-bond acceptors (Lipinski definition) is 1. The summed E-state index contributed by atoms with van der Waals surface area (Å²) in [6.07, 6.45) is -3.32. The summed E-state index contributed by atoms with van der Waals surface area (Å²) < 4.78 is 35.2.